The molecule has 0 N–H and O–H groups in total. The van der Waals surface area contributed by atoms with Crippen LogP contribution >= 0.6 is 0 Å². The average Bonchev–Trinajstić information content (AvgIpc) is 2.82. The highest BCUT2D eigenvalue weighted by atomic mass is 16.2. The Labute approximate surface area is 177 Å². The molecule has 156 valence electrons. The molecule has 3 aliphatic heterocycles. The average molecular weight is 405 g/mol. The lowest BCUT2D eigenvalue weighted by molar-refractivity contribution is 0.0588. The van der Waals surface area contributed by atoms with Crippen molar-refractivity contribution in [3.8, 4) is 0 Å². The third-order valence-corrected chi connectivity index (χ3v) is 6.72. The van der Waals surface area contributed by atoms with E-state index in [1.807, 2.05) is 53.2 Å². The summed E-state index contributed by atoms with van der Waals surface area (Å²) < 4.78 is 0. The van der Waals surface area contributed by atoms with Crippen LogP contribution in [0.2, 0.25) is 0 Å². The van der Waals surface area contributed by atoms with Gasteiger partial charge in [-0.1, -0.05) is 18.2 Å². The summed E-state index contributed by atoms with van der Waals surface area (Å²) in [7, 11) is 2.04. The lowest BCUT2D eigenvalue weighted by Crippen LogP contribution is -2.56. The van der Waals surface area contributed by atoms with Gasteiger partial charge in [-0.15, -0.1) is 0 Å². The predicted octanol–water partition coefficient (Wildman–Crippen LogP) is 3.05. The monoisotopic (exact) mass is 404 g/mol. The van der Waals surface area contributed by atoms with E-state index in [4.69, 9.17) is 0 Å². The van der Waals surface area contributed by atoms with Crippen molar-refractivity contribution in [3.63, 3.8) is 0 Å². The molecule has 2 aromatic rings. The number of hydrogen-bond donors (Lipinski definition) is 0. The highest BCUT2D eigenvalue weighted by Crippen LogP contribution is 2.35. The number of carbonyl (C=O) groups excluding carboxylic acids is 2. The molecule has 0 saturated carbocycles. The first-order chi connectivity index (χ1) is 14.6. The van der Waals surface area contributed by atoms with E-state index in [0.29, 0.717) is 24.2 Å². The molecule has 0 bridgehead atoms. The van der Waals surface area contributed by atoms with E-state index >= 15 is 0 Å². The molecule has 0 radical (unpaired) electrons. The Balaban J connectivity index is 1.33. The van der Waals surface area contributed by atoms with Gasteiger partial charge in [-0.3, -0.25) is 9.59 Å². The molecule has 6 nitrogen and oxygen atoms in total. The van der Waals surface area contributed by atoms with Gasteiger partial charge in [-0.2, -0.15) is 0 Å². The maximum absolute atomic E-state index is 13.2. The summed E-state index contributed by atoms with van der Waals surface area (Å²) in [6, 6.07) is 15.9. The Morgan fingerprint density at radius 3 is 2.47 bits per heavy atom. The van der Waals surface area contributed by atoms with E-state index in [9.17, 15) is 9.59 Å². The maximum Gasteiger partial charge on any atom is 0.257 e. The van der Waals surface area contributed by atoms with Crippen molar-refractivity contribution >= 4 is 23.2 Å². The van der Waals surface area contributed by atoms with Crippen molar-refractivity contribution in [2.24, 2.45) is 0 Å². The van der Waals surface area contributed by atoms with E-state index < -0.39 is 0 Å². The van der Waals surface area contributed by atoms with Crippen LogP contribution in [0, 0.1) is 0 Å². The molecule has 0 aliphatic carbocycles. The zero-order valence-corrected chi connectivity index (χ0v) is 17.5. The van der Waals surface area contributed by atoms with Crippen molar-refractivity contribution < 1.29 is 9.59 Å². The van der Waals surface area contributed by atoms with Crippen molar-refractivity contribution in [1.29, 1.82) is 0 Å². The zero-order chi connectivity index (χ0) is 20.7. The lowest BCUT2D eigenvalue weighted by Gasteiger charge is -2.46. The minimum atomic E-state index is 0.0532. The van der Waals surface area contributed by atoms with Crippen LogP contribution in [-0.4, -0.2) is 67.6 Å². The lowest BCUT2D eigenvalue weighted by atomic mass is 9.97. The second kappa shape index (κ2) is 7.67. The molecule has 6 heteroatoms. The normalized spacial score (nSPS) is 21.4. The quantitative estimate of drug-likeness (QED) is 0.772. The summed E-state index contributed by atoms with van der Waals surface area (Å²) in [5.74, 6) is 0.153. The first-order valence-corrected chi connectivity index (χ1v) is 10.9. The fraction of sp³-hybridized carbons (Fsp3) is 0.417. The first kappa shape index (κ1) is 19.0. The third kappa shape index (κ3) is 3.20. The number of amides is 2. The number of para-hydroxylation sites is 1. The second-order valence-corrected chi connectivity index (χ2v) is 8.43. The first-order valence-electron chi connectivity index (χ1n) is 10.9. The molecular formula is C24H28N4O2. The number of anilines is 2. The third-order valence-electron chi connectivity index (χ3n) is 6.72. The highest BCUT2D eigenvalue weighted by molar-refractivity contribution is 6.04. The molecule has 3 heterocycles. The summed E-state index contributed by atoms with van der Waals surface area (Å²) >= 11 is 0. The second-order valence-electron chi connectivity index (χ2n) is 8.43. The van der Waals surface area contributed by atoms with Gasteiger partial charge in [0.05, 0.1) is 11.3 Å². The molecule has 3 aliphatic rings. The molecule has 5 rings (SSSR count). The van der Waals surface area contributed by atoms with Crippen LogP contribution in [-0.2, 0) is 0 Å². The fourth-order valence-electron chi connectivity index (χ4n) is 5.00. The van der Waals surface area contributed by atoms with Gasteiger partial charge in [0.1, 0.15) is 6.17 Å². The summed E-state index contributed by atoms with van der Waals surface area (Å²) in [6.45, 7) is 3.89. The number of nitrogens with zero attached hydrogens (tertiary/aromatic N) is 4. The van der Waals surface area contributed by atoms with Crippen LogP contribution in [0.15, 0.2) is 48.5 Å². The van der Waals surface area contributed by atoms with Crippen LogP contribution in [0.3, 0.4) is 0 Å². The number of carbonyl (C=O) groups is 2. The summed E-state index contributed by atoms with van der Waals surface area (Å²) in [5.41, 5.74) is 3.47. The van der Waals surface area contributed by atoms with Crippen molar-refractivity contribution in [3.05, 3.63) is 59.7 Å². The van der Waals surface area contributed by atoms with Crippen molar-refractivity contribution in [2.75, 3.05) is 49.6 Å². The van der Waals surface area contributed by atoms with Crippen LogP contribution in [0.1, 0.15) is 40.0 Å². The Bertz CT molecular complexity index is 953. The number of benzene rings is 2. The van der Waals surface area contributed by atoms with Gasteiger partial charge < -0.3 is 19.6 Å². The topological polar surface area (TPSA) is 47.1 Å². The van der Waals surface area contributed by atoms with Gasteiger partial charge in [0, 0.05) is 51.0 Å². The van der Waals surface area contributed by atoms with Gasteiger partial charge in [-0.25, -0.2) is 0 Å². The number of hydrogen-bond acceptors (Lipinski definition) is 4. The molecular weight excluding hydrogens is 376 g/mol. The van der Waals surface area contributed by atoms with E-state index in [1.165, 1.54) is 5.69 Å². The number of fused-ring (bicyclic) bond motifs is 2. The Morgan fingerprint density at radius 2 is 1.70 bits per heavy atom. The van der Waals surface area contributed by atoms with E-state index in [1.54, 1.807) is 0 Å². The molecule has 2 saturated heterocycles. The minimum Gasteiger partial charge on any atom is -0.368 e. The number of piperazine rings is 1. The Morgan fingerprint density at radius 1 is 0.933 bits per heavy atom. The maximum atomic E-state index is 13.2. The van der Waals surface area contributed by atoms with Gasteiger partial charge in [0.25, 0.3) is 11.8 Å². The van der Waals surface area contributed by atoms with E-state index in [-0.39, 0.29) is 18.0 Å². The standard InChI is InChI=1S/C24H28N4O2/c1-25-21-17-18(10-11-20(21)24(30)28-12-6-5-9-22(25)28)23(29)27-15-13-26(14-16-27)19-7-3-2-4-8-19/h2-4,7-8,10-11,17,22H,5-6,9,12-16H2,1H3/t22-/m0/s1. The fourth-order valence-corrected chi connectivity index (χ4v) is 5.00. The van der Waals surface area contributed by atoms with E-state index in [2.05, 4.69) is 21.9 Å². The molecule has 2 aromatic carbocycles. The molecule has 30 heavy (non-hydrogen) atoms. The zero-order valence-electron chi connectivity index (χ0n) is 17.5. The molecule has 0 spiro atoms. The summed E-state index contributed by atoms with van der Waals surface area (Å²) in [5, 5.41) is 0. The summed E-state index contributed by atoms with van der Waals surface area (Å²) in [4.78, 5) is 34.6. The molecule has 0 unspecified atom stereocenters. The predicted molar refractivity (Wildman–Crippen MR) is 118 cm³/mol. The number of piperidine rings is 1. The van der Waals surface area contributed by atoms with Crippen LogP contribution in [0.4, 0.5) is 11.4 Å². The van der Waals surface area contributed by atoms with Crippen LogP contribution in [0.5, 0.6) is 0 Å². The van der Waals surface area contributed by atoms with Gasteiger partial charge in [0.2, 0.25) is 0 Å². The smallest absolute Gasteiger partial charge is 0.257 e. The highest BCUT2D eigenvalue weighted by Gasteiger charge is 2.37. The Kier molecular flexibility index (Phi) is 4.85. The van der Waals surface area contributed by atoms with Crippen molar-refractivity contribution in [2.45, 2.75) is 25.4 Å². The molecule has 1 atom stereocenters. The van der Waals surface area contributed by atoms with Gasteiger partial charge >= 0.3 is 0 Å². The largest absolute Gasteiger partial charge is 0.368 e. The van der Waals surface area contributed by atoms with Gasteiger partial charge in [-0.05, 0) is 49.6 Å². The molecule has 2 fully saturated rings. The summed E-state index contributed by atoms with van der Waals surface area (Å²) in [6.07, 6.45) is 3.30. The Hall–Kier alpha value is -3.02. The minimum absolute atomic E-state index is 0.0532. The number of rotatable bonds is 2. The molecule has 2 amide bonds. The van der Waals surface area contributed by atoms with Crippen LogP contribution < -0.4 is 9.80 Å². The molecule has 0 aromatic heterocycles. The SMILES string of the molecule is CN1c2cc(C(=O)N3CCN(c4ccccc4)CC3)ccc2C(=O)N2CCCC[C@H]21. The van der Waals surface area contributed by atoms with Crippen LogP contribution in [0.25, 0.3) is 0 Å². The van der Waals surface area contributed by atoms with Gasteiger partial charge in [0.15, 0.2) is 0 Å². The van der Waals surface area contributed by atoms with Crippen molar-refractivity contribution in [1.82, 2.24) is 9.80 Å². The van der Waals surface area contributed by atoms with E-state index in [0.717, 1.165) is 44.6 Å².